The molecule has 0 saturated heterocycles. The lowest BCUT2D eigenvalue weighted by atomic mass is 9.84. The molecule has 8 aliphatic rings. The third-order valence-corrected chi connectivity index (χ3v) is 28.6. The second-order valence-electron chi connectivity index (χ2n) is 37.7. The van der Waals surface area contributed by atoms with E-state index in [9.17, 15) is 99.3 Å². The molecule has 1 amide bonds. The maximum Gasteiger partial charge on any atom is 0.343 e. The highest BCUT2D eigenvalue weighted by Gasteiger charge is 2.56. The lowest BCUT2D eigenvalue weighted by Gasteiger charge is -2.33. The maximum atomic E-state index is 13.7. The number of nitrogens with two attached hydrogens (primary N) is 2. The van der Waals surface area contributed by atoms with Gasteiger partial charge >= 0.3 is 35.3 Å². The number of anilines is 2. The molecule has 0 aliphatic carbocycles. The molecule has 149 heavy (non-hydrogen) atoms. The molecule has 0 fully saturated rings. The molecule has 0 bridgehead atoms. The summed E-state index contributed by atoms with van der Waals surface area (Å²) in [6.45, 7) is 11.0. The average molecular weight is 2010 g/mol. The van der Waals surface area contributed by atoms with Gasteiger partial charge in [-0.3, -0.25) is 67.9 Å². The molecular weight excluding hydrogens is 1920 g/mol. The number of ether oxygens (including phenoxy) is 4. The van der Waals surface area contributed by atoms with E-state index in [1.165, 1.54) is 61.2 Å². The number of phenolic OH excluding ortho intramolecular Hbond substituents is 1. The number of aliphatic hydroxyl groups excluding tert-OH is 1. The van der Waals surface area contributed by atoms with Crippen LogP contribution in [0.5, 0.6) is 5.75 Å². The van der Waals surface area contributed by atoms with E-state index in [1.807, 2.05) is 97.1 Å². The Morgan fingerprint density at radius 2 is 0.792 bits per heavy atom. The number of aromatic hydroxyl groups is 1. The number of benzene rings is 7. The van der Waals surface area contributed by atoms with E-state index in [2.05, 4.69) is 46.9 Å². The predicted octanol–water partition coefficient (Wildman–Crippen LogP) is 12.1. The van der Waals surface area contributed by atoms with Gasteiger partial charge in [-0.2, -0.15) is 10.4 Å². The first-order valence-electron chi connectivity index (χ1n) is 47.6. The molecule has 0 saturated carbocycles. The molecule has 40 nitrogen and oxygen atoms in total. The number of carbonyl (C=O) groups is 5. The summed E-state index contributed by atoms with van der Waals surface area (Å²) in [5.74, 6) is -4.15. The molecule has 8 aliphatic heterocycles. The van der Waals surface area contributed by atoms with E-state index in [0.717, 1.165) is 16.5 Å². The molecule has 23 rings (SSSR count). The number of nitriles is 1. The molecule has 15 aromatic rings. The molecule has 0 spiro atoms. The number of hydrogen-bond acceptors (Lipinski definition) is 33. The molecule has 16 heterocycles. The standard InChI is InChI=1S/C31H28N4O6.C30H27N5O6.C27H20N4O7.C21H16N4O4/c1-5-31(38)24-22(16-41-29(31)37)28(36)34-15-21-20(14-32-18-12-10-17(11-13-18)30(2,3)4)19-8-6-7-9-23(19)33-25(21)27(34)26(24)35(39)40;1-2-30(40)23-21(16-41-29(30)39)28(38)34-15-20-19(14-32-35(12-13-36)27(37)17-8-4-3-5-9-17)18-10-6-7-11-22(18)33-25(20)26(34)24(23)31;1-2-27(35)21-17(13-38-26(27)34)25(33)30-12-16-15(11-28-19-9-5-6-10-20(19)32)14-7-3-4-8-18(14)29-22(16)24(30)23(21)31(36)37;1-2-21(28)15-13(9-29-20(21)27)19(26)25-8-12-11(7-22)10-5-3-4-6-14(10)24-17(12)18(25)16(15)23/h6-14,38H,5,15-16H2,1-4H3;3-11,14,36,40H,2,12-13,15-16,31H2,1H3;3-11,32,35H,2,12-13H2,1H3;3-6,28H,2,8-9,23H2,1H3/b;32-14+;;/t31-;30-;27-;21-/m0000/s1. The minimum Gasteiger partial charge on any atom is -0.506 e. The first-order chi connectivity index (χ1) is 71.4. The topological polar surface area (TPSA) is 586 Å². The van der Waals surface area contributed by atoms with Crippen LogP contribution in [0.1, 0.15) is 179 Å². The third kappa shape index (κ3) is 15.6. The summed E-state index contributed by atoms with van der Waals surface area (Å²) in [4.78, 5) is 169. The van der Waals surface area contributed by atoms with Crippen molar-refractivity contribution in [3.8, 4) is 57.4 Å². The number of nitrogens with zero attached hydrogens (tertiary/aromatic N) is 15. The van der Waals surface area contributed by atoms with Crippen LogP contribution in [-0.2, 0) is 119 Å². The zero-order valence-corrected chi connectivity index (χ0v) is 80.9. The predicted molar refractivity (Wildman–Crippen MR) is 545 cm³/mol. The molecule has 7 aromatic carbocycles. The zero-order valence-electron chi connectivity index (χ0n) is 80.9. The number of esters is 4. The number of phenols is 1. The zero-order chi connectivity index (χ0) is 105. The fourth-order valence-electron chi connectivity index (χ4n) is 20.9. The largest absolute Gasteiger partial charge is 0.506 e. The van der Waals surface area contributed by atoms with E-state index in [4.69, 9.17) is 45.4 Å². The third-order valence-electron chi connectivity index (χ3n) is 28.6. The van der Waals surface area contributed by atoms with Gasteiger partial charge in [0.2, 0.25) is 0 Å². The molecule has 10 N–H and O–H groups in total. The minimum atomic E-state index is -2.35. The quantitative estimate of drug-likeness (QED) is 0.0155. The Hall–Kier alpha value is -18.2. The Balaban J connectivity index is 0.000000121. The van der Waals surface area contributed by atoms with Crippen molar-refractivity contribution in [3.63, 3.8) is 0 Å². The molecule has 0 unspecified atom stereocenters. The Bertz CT molecular complexity index is 8840. The van der Waals surface area contributed by atoms with Gasteiger partial charge in [-0.05, 0) is 97.3 Å². The van der Waals surface area contributed by atoms with Gasteiger partial charge in [0.25, 0.3) is 28.1 Å². The lowest BCUT2D eigenvalue weighted by Crippen LogP contribution is -2.45. The number of hydrogen-bond donors (Lipinski definition) is 8. The van der Waals surface area contributed by atoms with Crippen molar-refractivity contribution in [1.29, 1.82) is 5.26 Å². The number of nitrogen functional groups attached to an aromatic ring is 2. The van der Waals surface area contributed by atoms with Gasteiger partial charge in [-0.15, -0.1) is 0 Å². The maximum absolute atomic E-state index is 13.7. The van der Waals surface area contributed by atoms with Gasteiger partial charge in [0.05, 0.1) is 156 Å². The number of cyclic esters (lactones) is 4. The van der Waals surface area contributed by atoms with Crippen LogP contribution >= 0.6 is 0 Å². The van der Waals surface area contributed by atoms with Crippen molar-refractivity contribution in [2.24, 2.45) is 15.1 Å². The highest BCUT2D eigenvalue weighted by Crippen LogP contribution is 2.53. The fourth-order valence-corrected chi connectivity index (χ4v) is 20.9. The summed E-state index contributed by atoms with van der Waals surface area (Å²) in [6.07, 6.45) is 4.32. The summed E-state index contributed by atoms with van der Waals surface area (Å²) in [5, 5.41) is 108. The van der Waals surface area contributed by atoms with Crippen LogP contribution in [0.25, 0.3) is 89.2 Å². The number of carbonyl (C=O) groups excluding carboxylic acids is 5. The minimum absolute atomic E-state index is 0.00310. The highest BCUT2D eigenvalue weighted by atomic mass is 16.6. The van der Waals surface area contributed by atoms with E-state index >= 15 is 0 Å². The molecule has 750 valence electrons. The van der Waals surface area contributed by atoms with E-state index in [1.54, 1.807) is 92.9 Å². The SMILES string of the molecule is CC[C@@]1(O)C(=O)OCc2c1c(N)c1n(c2=O)Cc2c-1nc1ccccc1c2/C=N/N(CCO)C(=O)c1ccccc1.CC[C@@]1(O)C(=O)OCc2c1c(N)c1n(c2=O)Cc2c-1nc1ccccc1c2C#N.CC[C@@]1(O)C(=O)OCc2c1c([N+](=O)[O-])c1n(c2=O)Cc2c-1nc1ccccc1c2C=Nc1ccc(C(C)(C)C)cc1.CC[C@@]1(O)C(=O)OCc2c1c([N+](=O)[O-])c1n(c2=O)Cc2c-1nc1ccccc1c2C=Nc1ccccc1O. The summed E-state index contributed by atoms with van der Waals surface area (Å²) in [5.41, 5.74) is 12.4. The number of aliphatic hydroxyl groups is 5. The second kappa shape index (κ2) is 37.2. The summed E-state index contributed by atoms with van der Waals surface area (Å²) >= 11 is 0. The van der Waals surface area contributed by atoms with Gasteiger partial charge in [-0.25, -0.2) is 44.1 Å². The van der Waals surface area contributed by atoms with E-state index in [-0.39, 0.29) is 174 Å². The Morgan fingerprint density at radius 3 is 1.18 bits per heavy atom. The summed E-state index contributed by atoms with van der Waals surface area (Å²) in [7, 11) is 0. The van der Waals surface area contributed by atoms with Crippen molar-refractivity contribution in [2.45, 2.75) is 155 Å². The molecule has 0 radical (unpaired) electrons. The molecule has 8 aromatic heterocycles. The number of hydrazone groups is 1. The van der Waals surface area contributed by atoms with Crippen molar-refractivity contribution in [2.75, 3.05) is 24.6 Å². The van der Waals surface area contributed by atoms with Crippen LogP contribution in [0.3, 0.4) is 0 Å². The van der Waals surface area contributed by atoms with Crippen LogP contribution in [0.4, 0.5) is 34.1 Å². The number of rotatable bonds is 15. The number of aliphatic imine (C=N–C) groups is 2. The Kier molecular flexibility index (Phi) is 24.5. The summed E-state index contributed by atoms with van der Waals surface area (Å²) < 4.78 is 25.8. The smallest absolute Gasteiger partial charge is 0.343 e. The van der Waals surface area contributed by atoms with Gasteiger partial charge < -0.3 is 65.6 Å². The van der Waals surface area contributed by atoms with Gasteiger partial charge in [-0.1, -0.05) is 164 Å². The fraction of sp³-hybridized carbons (Fsp3) is 0.239. The monoisotopic (exact) mass is 2010 g/mol. The van der Waals surface area contributed by atoms with E-state index < -0.39 is 103 Å². The van der Waals surface area contributed by atoms with Crippen LogP contribution < -0.4 is 33.7 Å². The molecule has 40 heteroatoms. The Morgan fingerprint density at radius 1 is 0.456 bits per heavy atom. The van der Waals surface area contributed by atoms with Crippen LogP contribution in [0.15, 0.2) is 210 Å². The highest BCUT2D eigenvalue weighted by molar-refractivity contribution is 6.08. The van der Waals surface area contributed by atoms with Crippen molar-refractivity contribution < 1.29 is 83.4 Å². The van der Waals surface area contributed by atoms with Crippen molar-refractivity contribution >= 4 is 126 Å². The van der Waals surface area contributed by atoms with Gasteiger partial charge in [0.1, 0.15) is 66.7 Å². The number of aromatic nitrogens is 8. The molecular formula is C109H91N17O23. The first kappa shape index (κ1) is 98.2. The number of amides is 1. The summed E-state index contributed by atoms with van der Waals surface area (Å²) in [6, 6.07) is 54.4. The van der Waals surface area contributed by atoms with E-state index in [0.29, 0.717) is 111 Å². The van der Waals surface area contributed by atoms with Gasteiger partial charge in [0.15, 0.2) is 22.4 Å². The van der Waals surface area contributed by atoms with Crippen LogP contribution in [0.2, 0.25) is 0 Å². The second-order valence-corrected chi connectivity index (χ2v) is 37.7. The number of para-hydroxylation sites is 6. The van der Waals surface area contributed by atoms with Crippen molar-refractivity contribution in [3.05, 3.63) is 338 Å². The lowest BCUT2D eigenvalue weighted by molar-refractivity contribution is -0.386. The van der Waals surface area contributed by atoms with Gasteiger partial charge in [0, 0.05) is 89.6 Å². The average Bonchev–Trinajstić information content (AvgIpc) is 1.59. The van der Waals surface area contributed by atoms with Crippen LogP contribution in [0, 0.1) is 31.6 Å². The van der Waals surface area contributed by atoms with Crippen LogP contribution in [-0.4, -0.2) is 145 Å². The number of fused-ring (bicyclic) bond motifs is 20. The number of nitro groups is 2. The van der Waals surface area contributed by atoms with Crippen molar-refractivity contribution in [1.82, 2.24) is 43.2 Å². The molecule has 4 atom stereocenters. The normalized spacial score (nSPS) is 18.0. The Labute approximate surface area is 843 Å². The first-order valence-corrected chi connectivity index (χ1v) is 47.6. The number of pyridine rings is 8.